The molecule has 1 aliphatic rings. The summed E-state index contributed by atoms with van der Waals surface area (Å²) in [6, 6.07) is 7.49. The van der Waals surface area contributed by atoms with Gasteiger partial charge in [0.2, 0.25) is 6.04 Å². The van der Waals surface area contributed by atoms with Crippen molar-refractivity contribution in [1.29, 1.82) is 0 Å². The van der Waals surface area contributed by atoms with Crippen molar-refractivity contribution in [2.45, 2.75) is 18.9 Å². The lowest BCUT2D eigenvalue weighted by molar-refractivity contribution is -0.521. The highest BCUT2D eigenvalue weighted by Gasteiger charge is 2.40. The van der Waals surface area contributed by atoms with E-state index in [0.29, 0.717) is 6.54 Å². The van der Waals surface area contributed by atoms with E-state index in [1.807, 2.05) is 43.1 Å². The van der Waals surface area contributed by atoms with Crippen LogP contribution in [-0.2, 0) is 0 Å². The Morgan fingerprint density at radius 2 is 2.06 bits per heavy atom. The lowest BCUT2D eigenvalue weighted by atomic mass is 9.91. The first-order valence-corrected chi connectivity index (χ1v) is 5.47. The fraction of sp³-hybridized carbons (Fsp3) is 0.500. The van der Waals surface area contributed by atoms with E-state index in [0.717, 1.165) is 17.7 Å². The number of benzene rings is 1. The van der Waals surface area contributed by atoms with Gasteiger partial charge in [-0.2, -0.15) is 0 Å². The van der Waals surface area contributed by atoms with Crippen LogP contribution in [0.25, 0.3) is 0 Å². The van der Waals surface area contributed by atoms with Crippen molar-refractivity contribution in [3.8, 4) is 0 Å². The van der Waals surface area contributed by atoms with Crippen molar-refractivity contribution in [2.75, 3.05) is 20.1 Å². The molecular weight excluding hydrogens is 204 g/mol. The molecule has 0 spiro atoms. The molecule has 16 heavy (non-hydrogen) atoms. The van der Waals surface area contributed by atoms with E-state index in [2.05, 4.69) is 0 Å². The standard InChI is InChI=1S/C12H16N2O2/c1-9-5-3-4-6-10(9)11-7-13(2)8-12(11)14(15)16/h3-6,11-12H,7-8H2,1-2H3. The van der Waals surface area contributed by atoms with Crippen LogP contribution in [0.3, 0.4) is 0 Å². The fourth-order valence-electron chi connectivity index (χ4n) is 2.50. The van der Waals surface area contributed by atoms with E-state index in [1.165, 1.54) is 0 Å². The van der Waals surface area contributed by atoms with Crippen LogP contribution in [-0.4, -0.2) is 36.0 Å². The summed E-state index contributed by atoms with van der Waals surface area (Å²) in [6.45, 7) is 3.34. The molecule has 0 amide bonds. The Bertz CT molecular complexity index is 406. The Kier molecular flexibility index (Phi) is 2.92. The summed E-state index contributed by atoms with van der Waals surface area (Å²) in [5.74, 6) is 0.0289. The van der Waals surface area contributed by atoms with Gasteiger partial charge in [0.1, 0.15) is 0 Å². The van der Waals surface area contributed by atoms with Crippen LogP contribution in [0.1, 0.15) is 17.0 Å². The minimum absolute atomic E-state index is 0.0289. The maximum Gasteiger partial charge on any atom is 0.233 e. The van der Waals surface area contributed by atoms with Crippen molar-refractivity contribution in [3.63, 3.8) is 0 Å². The van der Waals surface area contributed by atoms with E-state index in [9.17, 15) is 10.1 Å². The van der Waals surface area contributed by atoms with Gasteiger partial charge in [-0.05, 0) is 25.1 Å². The molecule has 0 bridgehead atoms. The van der Waals surface area contributed by atoms with Crippen LogP contribution in [0.4, 0.5) is 0 Å². The van der Waals surface area contributed by atoms with E-state index >= 15 is 0 Å². The number of rotatable bonds is 2. The molecule has 2 atom stereocenters. The highest BCUT2D eigenvalue weighted by atomic mass is 16.6. The Labute approximate surface area is 95.0 Å². The lowest BCUT2D eigenvalue weighted by Crippen LogP contribution is -2.27. The number of likely N-dealkylation sites (N-methyl/N-ethyl adjacent to an activating group) is 1. The quantitative estimate of drug-likeness (QED) is 0.562. The number of nitrogens with zero attached hydrogens (tertiary/aromatic N) is 2. The Morgan fingerprint density at radius 3 is 2.69 bits per heavy atom. The molecule has 4 heteroatoms. The predicted octanol–water partition coefficient (Wildman–Crippen LogP) is 1.67. The van der Waals surface area contributed by atoms with E-state index < -0.39 is 6.04 Å². The molecule has 2 rings (SSSR count). The van der Waals surface area contributed by atoms with E-state index in [-0.39, 0.29) is 10.8 Å². The van der Waals surface area contributed by atoms with Gasteiger partial charge >= 0.3 is 0 Å². The summed E-state index contributed by atoms with van der Waals surface area (Å²) >= 11 is 0. The van der Waals surface area contributed by atoms with Gasteiger partial charge in [0, 0.05) is 11.5 Å². The molecule has 2 unspecified atom stereocenters. The summed E-state index contributed by atoms with van der Waals surface area (Å²) in [5, 5.41) is 11.0. The fourth-order valence-corrected chi connectivity index (χ4v) is 2.50. The second-order valence-corrected chi connectivity index (χ2v) is 4.54. The number of aryl methyl sites for hydroxylation is 1. The first kappa shape index (κ1) is 11.1. The first-order valence-electron chi connectivity index (χ1n) is 5.47. The zero-order valence-electron chi connectivity index (χ0n) is 9.59. The summed E-state index contributed by atoms with van der Waals surface area (Å²) in [5.41, 5.74) is 2.27. The van der Waals surface area contributed by atoms with Gasteiger partial charge in [-0.3, -0.25) is 15.0 Å². The summed E-state index contributed by atoms with van der Waals surface area (Å²) in [4.78, 5) is 12.9. The topological polar surface area (TPSA) is 46.4 Å². The minimum Gasteiger partial charge on any atom is -0.299 e. The smallest absolute Gasteiger partial charge is 0.233 e. The molecule has 0 radical (unpaired) electrons. The first-order chi connectivity index (χ1) is 7.59. The van der Waals surface area contributed by atoms with Crippen LogP contribution in [0, 0.1) is 17.0 Å². The summed E-state index contributed by atoms with van der Waals surface area (Å²) < 4.78 is 0. The van der Waals surface area contributed by atoms with Crippen molar-refractivity contribution < 1.29 is 4.92 Å². The van der Waals surface area contributed by atoms with Gasteiger partial charge in [0.25, 0.3) is 0 Å². The largest absolute Gasteiger partial charge is 0.299 e. The van der Waals surface area contributed by atoms with Crippen molar-refractivity contribution in [3.05, 3.63) is 45.5 Å². The second-order valence-electron chi connectivity index (χ2n) is 4.54. The van der Waals surface area contributed by atoms with Crippen LogP contribution in [0.2, 0.25) is 0 Å². The second kappa shape index (κ2) is 4.22. The zero-order valence-corrected chi connectivity index (χ0v) is 9.59. The van der Waals surface area contributed by atoms with Crippen LogP contribution < -0.4 is 0 Å². The highest BCUT2D eigenvalue weighted by molar-refractivity contribution is 5.31. The third-order valence-electron chi connectivity index (χ3n) is 3.33. The minimum atomic E-state index is -0.467. The average molecular weight is 220 g/mol. The molecule has 0 aromatic heterocycles. The maximum absolute atomic E-state index is 11.0. The molecule has 0 N–H and O–H groups in total. The number of nitro groups is 1. The molecular formula is C12H16N2O2. The van der Waals surface area contributed by atoms with Gasteiger partial charge in [-0.15, -0.1) is 0 Å². The molecule has 1 aromatic rings. The van der Waals surface area contributed by atoms with Gasteiger partial charge in [-0.25, -0.2) is 0 Å². The van der Waals surface area contributed by atoms with Gasteiger partial charge in [0.15, 0.2) is 0 Å². The van der Waals surface area contributed by atoms with Crippen LogP contribution in [0.15, 0.2) is 24.3 Å². The molecule has 1 aromatic carbocycles. The molecule has 1 saturated heterocycles. The molecule has 86 valence electrons. The number of hydrogen-bond acceptors (Lipinski definition) is 3. The van der Waals surface area contributed by atoms with Crippen molar-refractivity contribution in [1.82, 2.24) is 4.90 Å². The number of hydrogen-bond donors (Lipinski definition) is 0. The maximum atomic E-state index is 11.0. The van der Waals surface area contributed by atoms with Crippen molar-refractivity contribution in [2.24, 2.45) is 0 Å². The van der Waals surface area contributed by atoms with Gasteiger partial charge in [-0.1, -0.05) is 24.3 Å². The third kappa shape index (κ3) is 1.93. The highest BCUT2D eigenvalue weighted by Crippen LogP contribution is 2.30. The number of likely N-dealkylation sites (tertiary alicyclic amines) is 1. The Balaban J connectivity index is 2.33. The molecule has 1 aliphatic heterocycles. The monoisotopic (exact) mass is 220 g/mol. The van der Waals surface area contributed by atoms with Gasteiger partial charge in [0.05, 0.1) is 12.5 Å². The van der Waals surface area contributed by atoms with Crippen molar-refractivity contribution >= 4 is 0 Å². The van der Waals surface area contributed by atoms with Gasteiger partial charge < -0.3 is 0 Å². The third-order valence-corrected chi connectivity index (χ3v) is 3.33. The van der Waals surface area contributed by atoms with E-state index in [1.54, 1.807) is 0 Å². The SMILES string of the molecule is Cc1ccccc1C1CN(C)CC1[N+](=O)[O-]. The molecule has 1 fully saturated rings. The predicted molar refractivity (Wildman–Crippen MR) is 62.2 cm³/mol. The lowest BCUT2D eigenvalue weighted by Gasteiger charge is -2.14. The molecule has 0 saturated carbocycles. The average Bonchev–Trinajstić information content (AvgIpc) is 2.61. The molecule has 4 nitrogen and oxygen atoms in total. The summed E-state index contributed by atoms with van der Waals surface area (Å²) in [6.07, 6.45) is 0. The Morgan fingerprint density at radius 1 is 1.38 bits per heavy atom. The van der Waals surface area contributed by atoms with Crippen LogP contribution >= 0.6 is 0 Å². The summed E-state index contributed by atoms with van der Waals surface area (Å²) in [7, 11) is 1.94. The van der Waals surface area contributed by atoms with Crippen LogP contribution in [0.5, 0.6) is 0 Å². The zero-order chi connectivity index (χ0) is 11.7. The van der Waals surface area contributed by atoms with E-state index in [4.69, 9.17) is 0 Å². The Hall–Kier alpha value is -1.42. The molecule has 1 heterocycles. The normalized spacial score (nSPS) is 25.9. The molecule has 0 aliphatic carbocycles.